The second-order valence-electron chi connectivity index (χ2n) is 11.3. The first-order valence-electron chi connectivity index (χ1n) is 13.5. The van der Waals surface area contributed by atoms with E-state index in [0.29, 0.717) is 0 Å². The van der Waals surface area contributed by atoms with Crippen LogP contribution in [0.2, 0.25) is 0 Å². The monoisotopic (exact) mass is 1100 g/mol. The molecule has 0 bridgehead atoms. The van der Waals surface area contributed by atoms with Crippen LogP contribution in [0.15, 0.2) is 49.0 Å². The largest absolute Gasteiger partial charge is 1.00 e. The molecule has 34 nitrogen and oxygen atoms in total. The third-order valence-corrected chi connectivity index (χ3v) is 17.3. The van der Waals surface area contributed by atoms with Gasteiger partial charge in [-0.3, -0.25) is 45.5 Å². The topological polar surface area (TPSA) is 595 Å². The summed E-state index contributed by atoms with van der Waals surface area (Å²) in [7, 11) is -67.2. The molecular weight excluding hydrogens is 1100 g/mol. The van der Waals surface area contributed by atoms with Gasteiger partial charge in [0.2, 0.25) is 0 Å². The number of aromatic nitrogens is 4. The van der Waals surface area contributed by atoms with E-state index in [0.717, 1.165) is 0 Å². The molecule has 0 aliphatic rings. The summed E-state index contributed by atoms with van der Waals surface area (Å²) in [5.41, 5.74) is -18.4. The van der Waals surface area contributed by atoms with E-state index in [2.05, 4.69) is 19.9 Å². The third-order valence-electron chi connectivity index (χ3n) is 7.33. The fraction of sp³-hybridized carbons (Fsp3) is 0. The van der Waals surface area contributed by atoms with Crippen molar-refractivity contribution in [3.63, 3.8) is 0 Å². The van der Waals surface area contributed by atoms with Crippen LogP contribution in [0.3, 0.4) is 0 Å². The number of fused-ring (bicyclic) bond motifs is 4. The zero-order valence-corrected chi connectivity index (χ0v) is 38.7. The summed E-state index contributed by atoms with van der Waals surface area (Å²) in [4.78, 5) is -15.8. The SMILES string of the molecule is O=S(=O)(O)c1c(S(=O)(=O)O)c(S(=O)(=O)O)c2nc3c(S(=O)(=O)O)c4nc5c(S(=O)(=O)O)c(S(=O)(=O)O)c(S(=O)(=O)O)c(S(=O)(=O)O)c5nc4c(S(=O)(=O)O)c3nc2c1S(=O)(=O)O.[Na+]. The van der Waals surface area contributed by atoms with E-state index in [1.807, 2.05) is 0 Å². The van der Waals surface area contributed by atoms with Crippen molar-refractivity contribution in [2.45, 2.75) is 49.0 Å². The van der Waals surface area contributed by atoms with E-state index in [-0.39, 0.29) is 29.6 Å². The van der Waals surface area contributed by atoms with Gasteiger partial charge in [-0.2, -0.15) is 84.2 Å². The third kappa shape index (κ3) is 9.10. The normalized spacial score (nSPS) is 14.4. The Hall–Kier alpha value is -3.04. The molecule has 0 spiro atoms. The van der Waals surface area contributed by atoms with Gasteiger partial charge < -0.3 is 0 Å². The Morgan fingerprint density at radius 3 is 0.381 bits per heavy atom. The van der Waals surface area contributed by atoms with Gasteiger partial charge in [0, 0.05) is 0 Å². The van der Waals surface area contributed by atoms with Crippen molar-refractivity contribution in [1.82, 2.24) is 19.9 Å². The van der Waals surface area contributed by atoms with Crippen molar-refractivity contribution in [3.05, 3.63) is 0 Å². The van der Waals surface area contributed by atoms with E-state index in [4.69, 9.17) is 0 Å². The van der Waals surface area contributed by atoms with Crippen LogP contribution in [-0.2, 0) is 101 Å². The van der Waals surface area contributed by atoms with Crippen LogP contribution in [0, 0.1) is 0 Å². The van der Waals surface area contributed by atoms with Crippen molar-refractivity contribution in [2.24, 2.45) is 0 Å². The van der Waals surface area contributed by atoms with Gasteiger partial charge in [0.25, 0.3) is 101 Å². The van der Waals surface area contributed by atoms with E-state index < -0.39 is 194 Å². The molecular formula is C18H10N4NaO30S10+. The summed E-state index contributed by atoms with van der Waals surface area (Å²) >= 11 is 0. The molecule has 63 heavy (non-hydrogen) atoms. The zero-order valence-electron chi connectivity index (χ0n) is 28.5. The van der Waals surface area contributed by atoms with Crippen LogP contribution in [0.1, 0.15) is 0 Å². The van der Waals surface area contributed by atoms with Gasteiger partial charge in [-0.25, -0.2) is 19.9 Å². The fourth-order valence-electron chi connectivity index (χ4n) is 5.59. The molecule has 0 radical (unpaired) electrons. The maximum atomic E-state index is 13.0. The Balaban J connectivity index is 0.00000871. The summed E-state index contributed by atoms with van der Waals surface area (Å²) < 4.78 is 353. The quantitative estimate of drug-likeness (QED) is 0.0353. The van der Waals surface area contributed by atoms with Gasteiger partial charge >= 0.3 is 29.6 Å². The average molecular weight is 1110 g/mol. The Bertz CT molecular complexity index is 3700. The number of nitrogens with zero attached hydrogens (tertiary/aromatic N) is 4. The molecule has 5 aromatic rings. The van der Waals surface area contributed by atoms with E-state index in [1.165, 1.54) is 0 Å². The standard InChI is InChI=1S/C18H10N4O30S10.Na/c23-53(24,25)9-1-2(20-6-5(19-1)11(55(29,30)31)15(59(41,42)43)16(60(44,45)46)12(6)56(32,33)34)10(54(26,27)28)4-3(9)21-7-8(22-4)14(58(38,39)40)18(62(50,51)52)17(61(47,48)49)13(7)57(35,36)37;/h(H,23,24,25)(H,26,27,28)(H,29,30,31)(H,32,33,34)(H,35,36,37)(H,38,39,40)(H,41,42,43)(H,44,45,46)(H,47,48,49)(H,50,51,52);/q;+1. The molecule has 0 saturated carbocycles. The molecule has 2 aromatic heterocycles. The molecule has 0 aliphatic carbocycles. The van der Waals surface area contributed by atoms with E-state index in [1.54, 1.807) is 0 Å². The minimum atomic E-state index is -6.78. The molecule has 342 valence electrons. The van der Waals surface area contributed by atoms with Gasteiger partial charge in [-0.15, -0.1) is 0 Å². The van der Waals surface area contributed by atoms with Crippen molar-refractivity contribution in [1.29, 1.82) is 0 Å². The van der Waals surface area contributed by atoms with Gasteiger partial charge in [0.05, 0.1) is 0 Å². The summed E-state index contributed by atoms with van der Waals surface area (Å²) in [6.07, 6.45) is 0. The summed E-state index contributed by atoms with van der Waals surface area (Å²) in [5.74, 6) is 0. The van der Waals surface area contributed by atoms with Crippen LogP contribution >= 0.6 is 0 Å². The molecule has 5 rings (SSSR count). The maximum Gasteiger partial charge on any atom is 1.00 e. The molecule has 0 amide bonds. The minimum Gasteiger partial charge on any atom is -0.282 e. The Morgan fingerprint density at radius 2 is 0.286 bits per heavy atom. The second kappa shape index (κ2) is 15.0. The smallest absolute Gasteiger partial charge is 0.282 e. The van der Waals surface area contributed by atoms with E-state index in [9.17, 15) is 130 Å². The molecule has 0 saturated heterocycles. The number of hydrogen-bond acceptors (Lipinski definition) is 24. The van der Waals surface area contributed by atoms with Gasteiger partial charge in [0.15, 0.2) is 0 Å². The average Bonchev–Trinajstić information content (AvgIpc) is 2.97. The Labute approximate surface area is 370 Å². The van der Waals surface area contributed by atoms with Crippen molar-refractivity contribution in [2.75, 3.05) is 0 Å². The van der Waals surface area contributed by atoms with Gasteiger partial charge in [-0.1, -0.05) is 0 Å². The first-order chi connectivity index (χ1) is 27.2. The molecule has 0 unspecified atom stereocenters. The van der Waals surface area contributed by atoms with Crippen molar-refractivity contribution in [3.8, 4) is 0 Å². The van der Waals surface area contributed by atoms with Gasteiger partial charge in [0.1, 0.15) is 93.1 Å². The Morgan fingerprint density at radius 1 is 0.190 bits per heavy atom. The molecule has 0 fully saturated rings. The first kappa shape index (κ1) is 52.6. The number of benzene rings is 3. The van der Waals surface area contributed by atoms with Crippen LogP contribution in [0.4, 0.5) is 0 Å². The molecule has 45 heteroatoms. The predicted molar refractivity (Wildman–Crippen MR) is 186 cm³/mol. The molecule has 2 heterocycles. The molecule has 0 aliphatic heterocycles. The Kier molecular flexibility index (Phi) is 12.5. The zero-order chi connectivity index (χ0) is 48.2. The number of rotatable bonds is 10. The van der Waals surface area contributed by atoms with Crippen molar-refractivity contribution < 1.29 is 159 Å². The van der Waals surface area contributed by atoms with Crippen LogP contribution in [0.5, 0.6) is 0 Å². The minimum absolute atomic E-state index is 0. The summed E-state index contributed by atoms with van der Waals surface area (Å²) in [6, 6.07) is 0. The summed E-state index contributed by atoms with van der Waals surface area (Å²) in [5, 5.41) is 0. The fourth-order valence-corrected chi connectivity index (χ4v) is 16.7. The molecule has 0 atom stereocenters. The van der Waals surface area contributed by atoms with Crippen molar-refractivity contribution >= 4 is 145 Å². The van der Waals surface area contributed by atoms with Crippen LogP contribution in [0.25, 0.3) is 44.1 Å². The first-order valence-corrected chi connectivity index (χ1v) is 27.9. The van der Waals surface area contributed by atoms with E-state index >= 15 is 0 Å². The predicted octanol–water partition coefficient (Wildman–Crippen LogP) is -6.65. The molecule has 3 aromatic carbocycles. The van der Waals surface area contributed by atoms with Crippen LogP contribution in [-0.4, -0.2) is 150 Å². The maximum absolute atomic E-state index is 13.0. The number of hydrogen-bond donors (Lipinski definition) is 10. The molecule has 10 N–H and O–H groups in total. The summed E-state index contributed by atoms with van der Waals surface area (Å²) in [6.45, 7) is 0. The van der Waals surface area contributed by atoms with Gasteiger partial charge in [-0.05, 0) is 0 Å². The van der Waals surface area contributed by atoms with Crippen LogP contribution < -0.4 is 29.6 Å². The second-order valence-corrected chi connectivity index (χ2v) is 24.9.